The summed E-state index contributed by atoms with van der Waals surface area (Å²) in [6.07, 6.45) is 3.42. The third kappa shape index (κ3) is 8.55. The minimum Gasteiger partial charge on any atom is -0.379 e. The molecule has 0 amide bonds. The Kier molecular flexibility index (Phi) is 8.99. The van der Waals surface area contributed by atoms with Crippen molar-refractivity contribution in [2.45, 2.75) is 37.5 Å². The van der Waals surface area contributed by atoms with E-state index in [1.54, 1.807) is 14.2 Å². The molecule has 0 N–H and O–H groups in total. The smallest absolute Gasteiger partial charge is 0.379 e. The van der Waals surface area contributed by atoms with E-state index in [0.29, 0.717) is 38.6 Å². The molecule has 0 aromatic heterocycles. The first-order valence-corrected chi connectivity index (χ1v) is 10.3. The molecule has 2 fully saturated rings. The van der Waals surface area contributed by atoms with Gasteiger partial charge in [-0.15, -0.1) is 0 Å². The minimum absolute atomic E-state index is 0.316. The largest absolute Gasteiger partial charge is 0.500 e. The summed E-state index contributed by atoms with van der Waals surface area (Å²) >= 11 is 0. The molecule has 2 aliphatic rings. The van der Waals surface area contributed by atoms with Gasteiger partial charge in [0, 0.05) is 40.1 Å². The van der Waals surface area contributed by atoms with Gasteiger partial charge in [-0.05, 0) is 19.3 Å². The molecule has 0 radical (unpaired) electrons. The summed E-state index contributed by atoms with van der Waals surface area (Å²) in [4.78, 5) is 0. The zero-order valence-electron chi connectivity index (χ0n) is 14.3. The van der Waals surface area contributed by atoms with E-state index >= 15 is 0 Å². The SMILES string of the molecule is CO[Si](CCCCOCC1CO1)(OC)OCCCOCC1CO1. The molecule has 2 unspecified atom stereocenters. The number of hydrogen-bond donors (Lipinski definition) is 0. The van der Waals surface area contributed by atoms with Gasteiger partial charge in [-0.1, -0.05) is 0 Å². The van der Waals surface area contributed by atoms with E-state index in [0.717, 1.165) is 45.1 Å². The third-order valence-electron chi connectivity index (χ3n) is 3.81. The molecule has 8 heteroatoms. The summed E-state index contributed by atoms with van der Waals surface area (Å²) in [5.74, 6) is 0. The number of ether oxygens (including phenoxy) is 4. The van der Waals surface area contributed by atoms with E-state index in [1.165, 1.54) is 0 Å². The van der Waals surface area contributed by atoms with Crippen molar-refractivity contribution >= 4 is 8.80 Å². The van der Waals surface area contributed by atoms with Gasteiger partial charge in [0.05, 0.1) is 26.4 Å². The molecule has 2 aliphatic heterocycles. The predicted octanol–water partition coefficient (Wildman–Crippen LogP) is 1.24. The minimum atomic E-state index is -2.54. The van der Waals surface area contributed by atoms with E-state index in [2.05, 4.69) is 0 Å². The molecule has 2 rings (SSSR count). The van der Waals surface area contributed by atoms with Gasteiger partial charge in [-0.25, -0.2) is 0 Å². The Balaban J connectivity index is 1.47. The van der Waals surface area contributed by atoms with Crippen LogP contribution in [0.25, 0.3) is 0 Å². The molecule has 0 aromatic carbocycles. The summed E-state index contributed by atoms with van der Waals surface area (Å²) in [5, 5.41) is 0. The topological polar surface area (TPSA) is 71.2 Å². The summed E-state index contributed by atoms with van der Waals surface area (Å²) in [6, 6.07) is 0.806. The van der Waals surface area contributed by atoms with Crippen LogP contribution in [0.2, 0.25) is 6.04 Å². The van der Waals surface area contributed by atoms with Gasteiger partial charge in [0.25, 0.3) is 0 Å². The maximum atomic E-state index is 5.93. The summed E-state index contributed by atoms with van der Waals surface area (Å²) in [6.45, 7) is 5.08. The maximum absolute atomic E-state index is 5.93. The highest BCUT2D eigenvalue weighted by Crippen LogP contribution is 2.18. The first kappa shape index (κ1) is 19.3. The van der Waals surface area contributed by atoms with Gasteiger partial charge in [-0.3, -0.25) is 0 Å². The van der Waals surface area contributed by atoms with E-state index in [-0.39, 0.29) is 0 Å². The standard InChI is InChI=1S/C15H30O7Si/c1-16-23(17-2,9-4-3-6-18-10-14-12-20-14)22-8-5-7-19-11-15-13-21-15/h14-15H,3-13H2,1-2H3. The first-order valence-electron chi connectivity index (χ1n) is 8.41. The van der Waals surface area contributed by atoms with Crippen LogP contribution in [-0.4, -0.2) is 81.5 Å². The molecule has 0 saturated carbocycles. The molecule has 0 aliphatic carbocycles. The number of rotatable bonds is 16. The van der Waals surface area contributed by atoms with Crippen LogP contribution in [0.5, 0.6) is 0 Å². The molecule has 0 spiro atoms. The molecule has 7 nitrogen and oxygen atoms in total. The molecule has 23 heavy (non-hydrogen) atoms. The molecule has 0 aromatic rings. The van der Waals surface area contributed by atoms with Crippen molar-refractivity contribution in [1.29, 1.82) is 0 Å². The average Bonchev–Trinajstić information content (AvgIpc) is 3.47. The third-order valence-corrected chi connectivity index (χ3v) is 6.66. The summed E-state index contributed by atoms with van der Waals surface area (Å²) in [7, 11) is 0.785. The lowest BCUT2D eigenvalue weighted by atomic mass is 10.3. The monoisotopic (exact) mass is 350 g/mol. The second-order valence-electron chi connectivity index (χ2n) is 5.81. The van der Waals surface area contributed by atoms with Crippen molar-refractivity contribution in [3.05, 3.63) is 0 Å². The normalized spacial score (nSPS) is 23.2. The highest BCUT2D eigenvalue weighted by atomic mass is 28.4. The van der Waals surface area contributed by atoms with Crippen molar-refractivity contribution in [3.63, 3.8) is 0 Å². The van der Waals surface area contributed by atoms with Crippen molar-refractivity contribution in [2.24, 2.45) is 0 Å². The molecule has 136 valence electrons. The number of epoxide rings is 2. The highest BCUT2D eigenvalue weighted by molar-refractivity contribution is 6.60. The van der Waals surface area contributed by atoms with Crippen LogP contribution in [0.1, 0.15) is 19.3 Å². The number of hydrogen-bond acceptors (Lipinski definition) is 7. The Labute approximate surface area is 139 Å². The second kappa shape index (κ2) is 10.7. The quantitative estimate of drug-likeness (QED) is 0.236. The van der Waals surface area contributed by atoms with Gasteiger partial charge in [-0.2, -0.15) is 0 Å². The lowest BCUT2D eigenvalue weighted by molar-refractivity contribution is 0.0697. The Morgan fingerprint density at radius 3 is 1.91 bits per heavy atom. The molecule has 2 saturated heterocycles. The highest BCUT2D eigenvalue weighted by Gasteiger charge is 2.38. The van der Waals surface area contributed by atoms with Crippen LogP contribution in [-0.2, 0) is 32.2 Å². The molecule has 0 bridgehead atoms. The van der Waals surface area contributed by atoms with Crippen molar-refractivity contribution < 1.29 is 32.2 Å². The van der Waals surface area contributed by atoms with Crippen LogP contribution in [0.4, 0.5) is 0 Å². The molecule has 2 atom stereocenters. The van der Waals surface area contributed by atoms with E-state index in [9.17, 15) is 0 Å². The van der Waals surface area contributed by atoms with Crippen LogP contribution in [0.3, 0.4) is 0 Å². The van der Waals surface area contributed by atoms with Gasteiger partial charge < -0.3 is 32.2 Å². The van der Waals surface area contributed by atoms with Crippen molar-refractivity contribution in [1.82, 2.24) is 0 Å². The fraction of sp³-hybridized carbons (Fsp3) is 1.00. The van der Waals surface area contributed by atoms with Gasteiger partial charge in [0.15, 0.2) is 0 Å². The van der Waals surface area contributed by atoms with Crippen LogP contribution in [0.15, 0.2) is 0 Å². The Morgan fingerprint density at radius 2 is 1.39 bits per heavy atom. The summed E-state index contributed by atoms with van der Waals surface area (Å²) < 4.78 is 38.3. The fourth-order valence-electron chi connectivity index (χ4n) is 2.17. The van der Waals surface area contributed by atoms with Gasteiger partial charge in [0.1, 0.15) is 12.2 Å². The van der Waals surface area contributed by atoms with Crippen LogP contribution < -0.4 is 0 Å². The van der Waals surface area contributed by atoms with Crippen LogP contribution in [0, 0.1) is 0 Å². The maximum Gasteiger partial charge on any atom is 0.500 e. The lowest BCUT2D eigenvalue weighted by Gasteiger charge is -2.26. The predicted molar refractivity (Wildman–Crippen MR) is 85.5 cm³/mol. The van der Waals surface area contributed by atoms with Gasteiger partial charge in [0.2, 0.25) is 0 Å². The zero-order chi connectivity index (χ0) is 16.4. The van der Waals surface area contributed by atoms with Crippen molar-refractivity contribution in [3.8, 4) is 0 Å². The molecule has 2 heterocycles. The number of unbranched alkanes of at least 4 members (excludes halogenated alkanes) is 1. The Bertz CT molecular complexity index is 280. The van der Waals surface area contributed by atoms with Crippen molar-refractivity contribution in [2.75, 3.05) is 60.5 Å². The zero-order valence-corrected chi connectivity index (χ0v) is 15.3. The fourth-order valence-corrected chi connectivity index (χ4v) is 4.26. The first-order chi connectivity index (χ1) is 11.3. The Hall–Kier alpha value is -0.0631. The van der Waals surface area contributed by atoms with Crippen LogP contribution >= 0.6 is 0 Å². The van der Waals surface area contributed by atoms with Gasteiger partial charge >= 0.3 is 8.80 Å². The summed E-state index contributed by atoms with van der Waals surface area (Å²) in [5.41, 5.74) is 0. The molecular weight excluding hydrogens is 320 g/mol. The average molecular weight is 350 g/mol. The van der Waals surface area contributed by atoms with E-state index in [4.69, 9.17) is 32.2 Å². The molecular formula is C15H30O7Si. The van der Waals surface area contributed by atoms with E-state index in [1.807, 2.05) is 0 Å². The Morgan fingerprint density at radius 1 is 0.826 bits per heavy atom. The lowest BCUT2D eigenvalue weighted by Crippen LogP contribution is -2.44. The second-order valence-corrected chi connectivity index (χ2v) is 8.78. The van der Waals surface area contributed by atoms with E-state index < -0.39 is 8.80 Å².